The van der Waals surface area contributed by atoms with Crippen molar-refractivity contribution in [2.24, 2.45) is 5.14 Å². The second-order valence-corrected chi connectivity index (χ2v) is 8.20. The maximum absolute atomic E-state index is 11.6. The maximum Gasteiger partial charge on any atom is 0.412 e. The van der Waals surface area contributed by atoms with Gasteiger partial charge in [0.1, 0.15) is 17.0 Å². The number of H-pyrrole nitrogens is 1. The predicted octanol–water partition coefficient (Wildman–Crippen LogP) is 2.52. The van der Waals surface area contributed by atoms with E-state index in [4.69, 9.17) is 9.88 Å². The summed E-state index contributed by atoms with van der Waals surface area (Å²) in [6.07, 6.45) is 0.965. The van der Waals surface area contributed by atoms with E-state index in [1.165, 1.54) is 18.5 Å². The SMILES string of the molecule is CCNC(=O)Oc1ccc(-c2nc(Nc3cccc(S(N)(=O)=O)c3)nc3nc[nH]c23)cc1. The van der Waals surface area contributed by atoms with Crippen LogP contribution in [-0.4, -0.2) is 41.0 Å². The van der Waals surface area contributed by atoms with Gasteiger partial charge in [-0.2, -0.15) is 4.98 Å². The zero-order valence-corrected chi connectivity index (χ0v) is 17.7. The summed E-state index contributed by atoms with van der Waals surface area (Å²) in [6, 6.07) is 12.8. The van der Waals surface area contributed by atoms with Gasteiger partial charge in [-0.15, -0.1) is 0 Å². The second kappa shape index (κ2) is 8.61. The van der Waals surface area contributed by atoms with Crippen LogP contribution in [0.3, 0.4) is 0 Å². The number of ether oxygens (including phenoxy) is 1. The third kappa shape index (κ3) is 4.66. The Hall–Kier alpha value is -4.03. The Balaban J connectivity index is 1.66. The Labute approximate surface area is 183 Å². The fraction of sp³-hybridized carbons (Fsp3) is 0.100. The lowest BCUT2D eigenvalue weighted by molar-refractivity contribution is 0.201. The van der Waals surface area contributed by atoms with Crippen molar-refractivity contribution >= 4 is 38.9 Å². The molecule has 0 radical (unpaired) electrons. The molecule has 0 bridgehead atoms. The average Bonchev–Trinajstić information content (AvgIpc) is 3.22. The highest BCUT2D eigenvalue weighted by Crippen LogP contribution is 2.28. The molecule has 0 fully saturated rings. The van der Waals surface area contributed by atoms with Crippen LogP contribution in [0.15, 0.2) is 59.8 Å². The Morgan fingerprint density at radius 1 is 1.16 bits per heavy atom. The van der Waals surface area contributed by atoms with E-state index in [9.17, 15) is 13.2 Å². The highest BCUT2D eigenvalue weighted by atomic mass is 32.2. The fourth-order valence-corrected chi connectivity index (χ4v) is 3.51. The van der Waals surface area contributed by atoms with Gasteiger partial charge >= 0.3 is 6.09 Å². The number of aromatic nitrogens is 4. The number of anilines is 2. The summed E-state index contributed by atoms with van der Waals surface area (Å²) in [7, 11) is -3.85. The molecule has 0 unspecified atom stereocenters. The van der Waals surface area contributed by atoms with Crippen molar-refractivity contribution in [2.75, 3.05) is 11.9 Å². The first-order valence-electron chi connectivity index (χ1n) is 9.50. The van der Waals surface area contributed by atoms with E-state index in [1.54, 1.807) is 43.3 Å². The number of sulfonamides is 1. The first-order chi connectivity index (χ1) is 15.3. The number of nitrogens with zero attached hydrogens (tertiary/aromatic N) is 3. The Morgan fingerprint density at radius 2 is 1.94 bits per heavy atom. The van der Waals surface area contributed by atoms with Crippen LogP contribution < -0.4 is 20.5 Å². The van der Waals surface area contributed by atoms with E-state index >= 15 is 0 Å². The first-order valence-corrected chi connectivity index (χ1v) is 11.1. The number of nitrogens with one attached hydrogen (secondary N) is 3. The molecule has 0 saturated heterocycles. The van der Waals surface area contributed by atoms with Gasteiger partial charge < -0.3 is 20.4 Å². The molecule has 32 heavy (non-hydrogen) atoms. The smallest absolute Gasteiger partial charge is 0.410 e. The number of amides is 1. The number of carbonyl (C=O) groups is 1. The zero-order valence-electron chi connectivity index (χ0n) is 16.9. The number of primary sulfonamides is 1. The number of hydrogen-bond acceptors (Lipinski definition) is 8. The van der Waals surface area contributed by atoms with Crippen molar-refractivity contribution in [3.05, 3.63) is 54.9 Å². The minimum atomic E-state index is -3.85. The zero-order chi connectivity index (χ0) is 22.7. The fourth-order valence-electron chi connectivity index (χ4n) is 2.95. The summed E-state index contributed by atoms with van der Waals surface area (Å²) >= 11 is 0. The number of hydrogen-bond donors (Lipinski definition) is 4. The standard InChI is InChI=1S/C20H19N7O4S/c1-2-22-20(28)31-14-8-6-12(7-9-14)16-17-18(24-11-23-17)27-19(26-16)25-13-4-3-5-15(10-13)32(21,29)30/h3-11H,2H2,1H3,(H,22,28)(H2,21,29,30)(H2,23,24,25,26,27). The molecular formula is C20H19N7O4S. The summed E-state index contributed by atoms with van der Waals surface area (Å²) in [4.78, 5) is 27.7. The molecule has 164 valence electrons. The molecule has 0 atom stereocenters. The molecular weight excluding hydrogens is 434 g/mol. The molecule has 2 aromatic carbocycles. The number of nitrogens with two attached hydrogens (primary N) is 1. The summed E-state index contributed by atoms with van der Waals surface area (Å²) in [5.74, 6) is 0.599. The molecule has 0 saturated carbocycles. The summed E-state index contributed by atoms with van der Waals surface area (Å²) in [5, 5.41) is 10.7. The van der Waals surface area contributed by atoms with E-state index in [2.05, 4.69) is 30.6 Å². The van der Waals surface area contributed by atoms with Gasteiger partial charge in [0.15, 0.2) is 5.65 Å². The van der Waals surface area contributed by atoms with E-state index < -0.39 is 16.1 Å². The van der Waals surface area contributed by atoms with Gasteiger partial charge in [-0.3, -0.25) is 0 Å². The van der Waals surface area contributed by atoms with Gasteiger partial charge in [-0.1, -0.05) is 6.07 Å². The van der Waals surface area contributed by atoms with Gasteiger partial charge in [0.2, 0.25) is 16.0 Å². The van der Waals surface area contributed by atoms with Gasteiger partial charge in [-0.25, -0.2) is 28.3 Å². The van der Waals surface area contributed by atoms with Gasteiger partial charge in [0, 0.05) is 17.8 Å². The Bertz CT molecular complexity index is 1380. The number of benzene rings is 2. The van der Waals surface area contributed by atoms with E-state index in [-0.39, 0.29) is 10.8 Å². The third-order valence-electron chi connectivity index (χ3n) is 4.36. The summed E-state index contributed by atoms with van der Waals surface area (Å²) in [5.41, 5.74) is 2.77. The lowest BCUT2D eigenvalue weighted by Crippen LogP contribution is -2.26. The van der Waals surface area contributed by atoms with Gasteiger partial charge in [0.25, 0.3) is 0 Å². The molecule has 2 heterocycles. The number of carbonyl (C=O) groups excluding carboxylic acids is 1. The van der Waals surface area contributed by atoms with E-state index in [0.29, 0.717) is 34.8 Å². The van der Waals surface area contributed by atoms with Crippen LogP contribution in [0.25, 0.3) is 22.4 Å². The average molecular weight is 453 g/mol. The first kappa shape index (κ1) is 21.2. The number of aromatic amines is 1. The highest BCUT2D eigenvalue weighted by Gasteiger charge is 2.14. The van der Waals surface area contributed by atoms with Crippen molar-refractivity contribution in [1.82, 2.24) is 25.3 Å². The van der Waals surface area contributed by atoms with E-state index in [1.807, 2.05) is 0 Å². The van der Waals surface area contributed by atoms with Crippen molar-refractivity contribution < 1.29 is 17.9 Å². The lowest BCUT2D eigenvalue weighted by atomic mass is 10.1. The topological polar surface area (TPSA) is 165 Å². The van der Waals surface area contributed by atoms with Crippen LogP contribution in [0.2, 0.25) is 0 Å². The molecule has 5 N–H and O–H groups in total. The van der Waals surface area contributed by atoms with Crippen LogP contribution in [0, 0.1) is 0 Å². The van der Waals surface area contributed by atoms with Crippen LogP contribution in [0.5, 0.6) is 5.75 Å². The molecule has 4 rings (SSSR count). The van der Waals surface area contributed by atoms with Crippen molar-refractivity contribution in [2.45, 2.75) is 11.8 Å². The minimum absolute atomic E-state index is 0.0359. The summed E-state index contributed by atoms with van der Waals surface area (Å²) in [6.45, 7) is 2.26. The quantitative estimate of drug-likeness (QED) is 0.346. The van der Waals surface area contributed by atoms with Crippen LogP contribution in [0.4, 0.5) is 16.4 Å². The third-order valence-corrected chi connectivity index (χ3v) is 5.27. The van der Waals surface area contributed by atoms with Crippen LogP contribution in [-0.2, 0) is 10.0 Å². The molecule has 1 amide bonds. The molecule has 0 aliphatic rings. The Morgan fingerprint density at radius 3 is 2.66 bits per heavy atom. The summed E-state index contributed by atoms with van der Waals surface area (Å²) < 4.78 is 28.4. The largest absolute Gasteiger partial charge is 0.412 e. The number of imidazole rings is 1. The predicted molar refractivity (Wildman–Crippen MR) is 118 cm³/mol. The number of fused-ring (bicyclic) bond motifs is 1. The normalized spacial score (nSPS) is 11.3. The Kier molecular flexibility index (Phi) is 5.71. The van der Waals surface area contributed by atoms with Gasteiger partial charge in [0.05, 0.1) is 11.2 Å². The monoisotopic (exact) mass is 453 g/mol. The van der Waals surface area contributed by atoms with Crippen molar-refractivity contribution in [1.29, 1.82) is 0 Å². The van der Waals surface area contributed by atoms with Crippen LogP contribution >= 0.6 is 0 Å². The van der Waals surface area contributed by atoms with Crippen molar-refractivity contribution in [3.8, 4) is 17.0 Å². The highest BCUT2D eigenvalue weighted by molar-refractivity contribution is 7.89. The molecule has 11 nitrogen and oxygen atoms in total. The number of rotatable bonds is 6. The van der Waals surface area contributed by atoms with Gasteiger partial charge in [-0.05, 0) is 49.4 Å². The molecule has 12 heteroatoms. The van der Waals surface area contributed by atoms with E-state index in [0.717, 1.165) is 5.56 Å². The second-order valence-electron chi connectivity index (χ2n) is 6.64. The lowest BCUT2D eigenvalue weighted by Gasteiger charge is -2.10. The molecule has 2 aromatic heterocycles. The maximum atomic E-state index is 11.6. The molecule has 4 aromatic rings. The van der Waals surface area contributed by atoms with Crippen molar-refractivity contribution in [3.63, 3.8) is 0 Å². The van der Waals surface area contributed by atoms with Crippen LogP contribution in [0.1, 0.15) is 6.92 Å². The minimum Gasteiger partial charge on any atom is -0.410 e. The molecule has 0 aliphatic heterocycles. The molecule has 0 spiro atoms. The molecule has 0 aliphatic carbocycles.